The van der Waals surface area contributed by atoms with Gasteiger partial charge in [-0.15, -0.1) is 0 Å². The van der Waals surface area contributed by atoms with Gasteiger partial charge in [0.25, 0.3) is 5.88 Å². The van der Waals surface area contributed by atoms with Gasteiger partial charge in [0.05, 0.1) is 12.7 Å². The molecule has 0 saturated carbocycles. The van der Waals surface area contributed by atoms with Gasteiger partial charge in [0.1, 0.15) is 0 Å². The lowest BCUT2D eigenvalue weighted by Crippen LogP contribution is -2.17. The van der Waals surface area contributed by atoms with Crippen molar-refractivity contribution in [3.05, 3.63) is 17.8 Å². The standard InChI is InChI=1S/C13H19NO2/c1-9-6-8-15-12-11(16-9)10(5-7-14-12)13(2,3)4/h5,7,9H,6,8H2,1-4H3. The van der Waals surface area contributed by atoms with Gasteiger partial charge in [-0.2, -0.15) is 0 Å². The smallest absolute Gasteiger partial charge is 0.257 e. The van der Waals surface area contributed by atoms with Gasteiger partial charge in [-0.1, -0.05) is 20.8 Å². The van der Waals surface area contributed by atoms with E-state index < -0.39 is 0 Å². The third-order valence-electron chi connectivity index (χ3n) is 2.76. The molecule has 0 spiro atoms. The van der Waals surface area contributed by atoms with Gasteiger partial charge < -0.3 is 9.47 Å². The van der Waals surface area contributed by atoms with Gasteiger partial charge in [-0.05, 0) is 18.4 Å². The first kappa shape index (κ1) is 11.2. The molecule has 2 heterocycles. The lowest BCUT2D eigenvalue weighted by Gasteiger charge is -2.23. The summed E-state index contributed by atoms with van der Waals surface area (Å²) < 4.78 is 11.5. The minimum Gasteiger partial charge on any atom is -0.485 e. The Hall–Kier alpha value is -1.25. The van der Waals surface area contributed by atoms with E-state index in [0.717, 1.165) is 17.7 Å². The monoisotopic (exact) mass is 221 g/mol. The van der Waals surface area contributed by atoms with Crippen molar-refractivity contribution in [3.8, 4) is 11.6 Å². The molecule has 88 valence electrons. The van der Waals surface area contributed by atoms with E-state index in [1.54, 1.807) is 6.20 Å². The number of aromatic nitrogens is 1. The molecule has 1 aliphatic rings. The van der Waals surface area contributed by atoms with Crippen LogP contribution in [0.1, 0.15) is 39.7 Å². The lowest BCUT2D eigenvalue weighted by atomic mass is 9.87. The molecule has 2 rings (SSSR count). The molecule has 3 heteroatoms. The first-order valence-electron chi connectivity index (χ1n) is 5.77. The normalized spacial score (nSPS) is 20.4. The summed E-state index contributed by atoms with van der Waals surface area (Å²) >= 11 is 0. The van der Waals surface area contributed by atoms with Crippen molar-refractivity contribution in [1.82, 2.24) is 4.98 Å². The average molecular weight is 221 g/mol. The van der Waals surface area contributed by atoms with Crippen LogP contribution in [0.2, 0.25) is 0 Å². The molecule has 1 atom stereocenters. The molecule has 0 amide bonds. The molecule has 1 aliphatic heterocycles. The predicted molar refractivity (Wildman–Crippen MR) is 63.1 cm³/mol. The van der Waals surface area contributed by atoms with Crippen LogP contribution in [0.5, 0.6) is 11.6 Å². The Labute approximate surface area is 96.8 Å². The van der Waals surface area contributed by atoms with Crippen LogP contribution >= 0.6 is 0 Å². The van der Waals surface area contributed by atoms with Gasteiger partial charge in [0.15, 0.2) is 5.75 Å². The molecule has 0 saturated heterocycles. The van der Waals surface area contributed by atoms with Gasteiger partial charge in [-0.3, -0.25) is 0 Å². The lowest BCUT2D eigenvalue weighted by molar-refractivity contribution is 0.207. The highest BCUT2D eigenvalue weighted by Gasteiger charge is 2.26. The van der Waals surface area contributed by atoms with Crippen molar-refractivity contribution in [3.63, 3.8) is 0 Å². The van der Waals surface area contributed by atoms with E-state index >= 15 is 0 Å². The molecule has 0 fully saturated rings. The molecule has 1 aromatic heterocycles. The van der Waals surface area contributed by atoms with Crippen LogP contribution in [0.4, 0.5) is 0 Å². The zero-order chi connectivity index (χ0) is 11.8. The topological polar surface area (TPSA) is 31.4 Å². The maximum Gasteiger partial charge on any atom is 0.257 e. The first-order chi connectivity index (χ1) is 7.48. The summed E-state index contributed by atoms with van der Waals surface area (Å²) in [6, 6.07) is 2.01. The van der Waals surface area contributed by atoms with Crippen LogP contribution in [0.3, 0.4) is 0 Å². The summed E-state index contributed by atoms with van der Waals surface area (Å²) in [5, 5.41) is 0. The fourth-order valence-corrected chi connectivity index (χ4v) is 1.82. The van der Waals surface area contributed by atoms with Crippen molar-refractivity contribution in [2.75, 3.05) is 6.61 Å². The quantitative estimate of drug-likeness (QED) is 0.675. The van der Waals surface area contributed by atoms with Gasteiger partial charge in [0.2, 0.25) is 0 Å². The van der Waals surface area contributed by atoms with Crippen LogP contribution in [0.25, 0.3) is 0 Å². The Kier molecular flexibility index (Phi) is 2.78. The van der Waals surface area contributed by atoms with Crippen LogP contribution < -0.4 is 9.47 Å². The van der Waals surface area contributed by atoms with Gasteiger partial charge in [-0.25, -0.2) is 4.98 Å². The van der Waals surface area contributed by atoms with E-state index in [-0.39, 0.29) is 11.5 Å². The third-order valence-corrected chi connectivity index (χ3v) is 2.76. The van der Waals surface area contributed by atoms with E-state index in [4.69, 9.17) is 9.47 Å². The number of hydrogen-bond acceptors (Lipinski definition) is 3. The second-order valence-corrected chi connectivity index (χ2v) is 5.31. The zero-order valence-corrected chi connectivity index (χ0v) is 10.4. The highest BCUT2D eigenvalue weighted by Crippen LogP contribution is 2.38. The molecule has 0 radical (unpaired) electrons. The highest BCUT2D eigenvalue weighted by molar-refractivity contribution is 5.45. The summed E-state index contributed by atoms with van der Waals surface area (Å²) in [6.07, 6.45) is 2.88. The van der Waals surface area contributed by atoms with E-state index in [9.17, 15) is 0 Å². The van der Waals surface area contributed by atoms with Crippen molar-refractivity contribution in [2.45, 2.75) is 45.6 Å². The van der Waals surface area contributed by atoms with Crippen LogP contribution in [-0.4, -0.2) is 17.7 Å². The molecule has 0 bridgehead atoms. The Morgan fingerprint density at radius 2 is 2.12 bits per heavy atom. The minimum atomic E-state index is 0.0421. The molecule has 1 aromatic rings. The van der Waals surface area contributed by atoms with Crippen LogP contribution in [-0.2, 0) is 5.41 Å². The number of pyridine rings is 1. The van der Waals surface area contributed by atoms with Crippen LogP contribution in [0, 0.1) is 0 Å². The molecular formula is C13H19NO2. The first-order valence-corrected chi connectivity index (χ1v) is 5.77. The van der Waals surface area contributed by atoms with Gasteiger partial charge >= 0.3 is 0 Å². The number of hydrogen-bond donors (Lipinski definition) is 0. The summed E-state index contributed by atoms with van der Waals surface area (Å²) in [6.45, 7) is 9.25. The largest absolute Gasteiger partial charge is 0.485 e. The third kappa shape index (κ3) is 2.13. The van der Waals surface area contributed by atoms with Crippen molar-refractivity contribution < 1.29 is 9.47 Å². The van der Waals surface area contributed by atoms with E-state index in [1.807, 2.05) is 6.07 Å². The number of nitrogens with zero attached hydrogens (tertiary/aromatic N) is 1. The maximum atomic E-state index is 5.93. The summed E-state index contributed by atoms with van der Waals surface area (Å²) in [5.41, 5.74) is 1.20. The summed E-state index contributed by atoms with van der Waals surface area (Å²) in [5.74, 6) is 1.46. The van der Waals surface area contributed by atoms with Crippen LogP contribution in [0.15, 0.2) is 12.3 Å². The Morgan fingerprint density at radius 1 is 1.38 bits per heavy atom. The van der Waals surface area contributed by atoms with E-state index in [2.05, 4.69) is 32.7 Å². The fraction of sp³-hybridized carbons (Fsp3) is 0.615. The second kappa shape index (κ2) is 3.96. The van der Waals surface area contributed by atoms with Crippen molar-refractivity contribution in [1.29, 1.82) is 0 Å². The molecule has 1 unspecified atom stereocenters. The molecule has 0 aliphatic carbocycles. The second-order valence-electron chi connectivity index (χ2n) is 5.31. The number of ether oxygens (including phenoxy) is 2. The molecule has 16 heavy (non-hydrogen) atoms. The molecule has 3 nitrogen and oxygen atoms in total. The Bertz CT molecular complexity index is 382. The number of fused-ring (bicyclic) bond motifs is 1. The molecular weight excluding hydrogens is 202 g/mol. The predicted octanol–water partition coefficient (Wildman–Crippen LogP) is 2.93. The molecule has 0 N–H and O–H groups in total. The maximum absolute atomic E-state index is 5.93. The summed E-state index contributed by atoms with van der Waals surface area (Å²) in [7, 11) is 0. The van der Waals surface area contributed by atoms with Crippen molar-refractivity contribution >= 4 is 0 Å². The zero-order valence-electron chi connectivity index (χ0n) is 10.4. The Morgan fingerprint density at radius 3 is 2.81 bits per heavy atom. The van der Waals surface area contributed by atoms with Crippen molar-refractivity contribution in [2.24, 2.45) is 0 Å². The summed E-state index contributed by atoms with van der Waals surface area (Å²) in [4.78, 5) is 4.24. The highest BCUT2D eigenvalue weighted by atomic mass is 16.5. The number of rotatable bonds is 0. The van der Waals surface area contributed by atoms with Gasteiger partial charge in [0, 0.05) is 18.2 Å². The average Bonchev–Trinajstić information content (AvgIpc) is 2.36. The van der Waals surface area contributed by atoms with E-state index in [0.29, 0.717) is 12.5 Å². The Balaban J connectivity index is 2.49. The minimum absolute atomic E-state index is 0.0421. The van der Waals surface area contributed by atoms with E-state index in [1.165, 1.54) is 0 Å². The molecule has 0 aromatic carbocycles. The SMILES string of the molecule is CC1CCOc2nccc(C(C)(C)C)c2O1. The fourth-order valence-electron chi connectivity index (χ4n) is 1.82.